The summed E-state index contributed by atoms with van der Waals surface area (Å²) < 4.78 is 0. The number of rotatable bonds is 6. The molecule has 3 aromatic rings. The van der Waals surface area contributed by atoms with Gasteiger partial charge in [0, 0.05) is 43.1 Å². The Labute approximate surface area is 164 Å². The van der Waals surface area contributed by atoms with Crippen molar-refractivity contribution in [1.29, 1.82) is 0 Å². The third-order valence-corrected chi connectivity index (χ3v) is 4.56. The number of nitrogens with one attached hydrogen (secondary N) is 2. The topological polar surface area (TPSA) is 70.2 Å². The summed E-state index contributed by atoms with van der Waals surface area (Å²) in [5, 5.41) is 6.29. The number of hydrogen-bond donors (Lipinski definition) is 2. The van der Waals surface area contributed by atoms with Crippen LogP contribution in [0.3, 0.4) is 0 Å². The second kappa shape index (κ2) is 7.68. The summed E-state index contributed by atoms with van der Waals surface area (Å²) in [6, 6.07) is 19.7. The first-order valence-corrected chi connectivity index (χ1v) is 9.38. The zero-order valence-electron chi connectivity index (χ0n) is 16.0. The maximum absolute atomic E-state index is 12.6. The van der Waals surface area contributed by atoms with Crippen molar-refractivity contribution in [1.82, 2.24) is 15.3 Å². The molecule has 2 N–H and O–H groups in total. The Morgan fingerprint density at radius 2 is 1.71 bits per heavy atom. The van der Waals surface area contributed by atoms with Crippen LogP contribution in [0.2, 0.25) is 0 Å². The van der Waals surface area contributed by atoms with Gasteiger partial charge in [0.05, 0.1) is 0 Å². The van der Waals surface area contributed by atoms with E-state index in [1.54, 1.807) is 6.07 Å². The second-order valence-corrected chi connectivity index (χ2v) is 7.14. The standard InChI is InChI=1S/C22H23N5O/c1-27(2)18-12-10-16(11-13-18)23-20-14-19(22(28)24-17-8-9-17)25-21(26-20)15-6-4-3-5-7-15/h3-7,10-14,17H,8-9H2,1-2H3,(H,24,28)(H,23,25,26). The molecule has 4 rings (SSSR count). The Morgan fingerprint density at radius 3 is 2.36 bits per heavy atom. The zero-order chi connectivity index (χ0) is 19.5. The molecule has 142 valence electrons. The monoisotopic (exact) mass is 373 g/mol. The van der Waals surface area contributed by atoms with E-state index in [4.69, 9.17) is 0 Å². The van der Waals surface area contributed by atoms with Crippen LogP contribution in [0.1, 0.15) is 23.3 Å². The summed E-state index contributed by atoms with van der Waals surface area (Å²) in [5.41, 5.74) is 3.25. The van der Waals surface area contributed by atoms with E-state index in [-0.39, 0.29) is 11.9 Å². The molecule has 6 nitrogen and oxygen atoms in total. The molecule has 0 aliphatic heterocycles. The van der Waals surface area contributed by atoms with Crippen LogP contribution < -0.4 is 15.5 Å². The lowest BCUT2D eigenvalue weighted by atomic mass is 10.2. The fraction of sp³-hybridized carbons (Fsp3) is 0.227. The van der Waals surface area contributed by atoms with Gasteiger partial charge in [-0.1, -0.05) is 30.3 Å². The highest BCUT2D eigenvalue weighted by Crippen LogP contribution is 2.24. The number of carbonyl (C=O) groups excluding carboxylic acids is 1. The molecule has 1 aromatic heterocycles. The van der Waals surface area contributed by atoms with Gasteiger partial charge in [-0.3, -0.25) is 4.79 Å². The van der Waals surface area contributed by atoms with Crippen molar-refractivity contribution in [2.45, 2.75) is 18.9 Å². The van der Waals surface area contributed by atoms with Crippen molar-refractivity contribution in [3.05, 3.63) is 66.4 Å². The molecule has 1 saturated carbocycles. The van der Waals surface area contributed by atoms with Gasteiger partial charge >= 0.3 is 0 Å². The van der Waals surface area contributed by atoms with E-state index in [1.807, 2.05) is 73.6 Å². The number of hydrogen-bond acceptors (Lipinski definition) is 5. The molecule has 0 radical (unpaired) electrons. The SMILES string of the molecule is CN(C)c1ccc(Nc2cc(C(=O)NC3CC3)nc(-c3ccccc3)n2)cc1. The molecular formula is C22H23N5O. The molecule has 0 saturated heterocycles. The summed E-state index contributed by atoms with van der Waals surface area (Å²) in [4.78, 5) is 23.7. The first-order chi connectivity index (χ1) is 13.6. The van der Waals surface area contributed by atoms with E-state index in [0.717, 1.165) is 29.8 Å². The molecule has 1 heterocycles. The lowest BCUT2D eigenvalue weighted by Gasteiger charge is -2.14. The molecule has 0 atom stereocenters. The van der Waals surface area contributed by atoms with Crippen molar-refractivity contribution in [2.24, 2.45) is 0 Å². The van der Waals surface area contributed by atoms with Crippen LogP contribution in [0.4, 0.5) is 17.2 Å². The van der Waals surface area contributed by atoms with Crippen molar-refractivity contribution >= 4 is 23.1 Å². The number of amides is 1. The minimum absolute atomic E-state index is 0.159. The first kappa shape index (κ1) is 18.0. The summed E-state index contributed by atoms with van der Waals surface area (Å²) in [7, 11) is 4.01. The second-order valence-electron chi connectivity index (χ2n) is 7.14. The number of carbonyl (C=O) groups is 1. The fourth-order valence-corrected chi connectivity index (χ4v) is 2.82. The van der Waals surface area contributed by atoms with Gasteiger partial charge in [0.25, 0.3) is 5.91 Å². The molecule has 28 heavy (non-hydrogen) atoms. The van der Waals surface area contributed by atoms with E-state index in [2.05, 4.69) is 20.6 Å². The quantitative estimate of drug-likeness (QED) is 0.687. The van der Waals surface area contributed by atoms with Crippen LogP contribution in [-0.4, -0.2) is 36.0 Å². The summed E-state index contributed by atoms with van der Waals surface area (Å²) >= 11 is 0. The molecule has 1 amide bonds. The predicted molar refractivity (Wildman–Crippen MR) is 112 cm³/mol. The van der Waals surface area contributed by atoms with Crippen molar-refractivity contribution < 1.29 is 4.79 Å². The molecule has 0 unspecified atom stereocenters. The highest BCUT2D eigenvalue weighted by molar-refractivity contribution is 5.94. The fourth-order valence-electron chi connectivity index (χ4n) is 2.82. The van der Waals surface area contributed by atoms with Gasteiger partial charge in [0.2, 0.25) is 0 Å². The van der Waals surface area contributed by atoms with Gasteiger partial charge < -0.3 is 15.5 Å². The Hall–Kier alpha value is -3.41. The molecular weight excluding hydrogens is 350 g/mol. The molecule has 2 aromatic carbocycles. The zero-order valence-corrected chi connectivity index (χ0v) is 16.0. The smallest absolute Gasteiger partial charge is 0.270 e. The molecule has 0 bridgehead atoms. The number of aromatic nitrogens is 2. The minimum atomic E-state index is -0.159. The van der Waals surface area contributed by atoms with Crippen LogP contribution in [0, 0.1) is 0 Å². The Balaban J connectivity index is 1.65. The molecule has 0 spiro atoms. The lowest BCUT2D eigenvalue weighted by Crippen LogP contribution is -2.26. The van der Waals surface area contributed by atoms with Gasteiger partial charge in [0.1, 0.15) is 11.5 Å². The Kier molecular flexibility index (Phi) is 4.93. The van der Waals surface area contributed by atoms with Crippen LogP contribution in [-0.2, 0) is 0 Å². The van der Waals surface area contributed by atoms with E-state index >= 15 is 0 Å². The highest BCUT2D eigenvalue weighted by atomic mass is 16.2. The molecule has 1 aliphatic rings. The van der Waals surface area contributed by atoms with Gasteiger partial charge in [-0.15, -0.1) is 0 Å². The number of benzene rings is 2. The van der Waals surface area contributed by atoms with Crippen molar-refractivity contribution in [3.63, 3.8) is 0 Å². The van der Waals surface area contributed by atoms with Gasteiger partial charge in [-0.2, -0.15) is 0 Å². The van der Waals surface area contributed by atoms with Gasteiger partial charge in [0.15, 0.2) is 5.82 Å². The average molecular weight is 373 g/mol. The third kappa shape index (κ3) is 4.28. The Morgan fingerprint density at radius 1 is 1.00 bits per heavy atom. The molecule has 1 aliphatic carbocycles. The Bertz CT molecular complexity index is 966. The van der Waals surface area contributed by atoms with Crippen LogP contribution in [0.5, 0.6) is 0 Å². The summed E-state index contributed by atoms with van der Waals surface area (Å²) in [6.45, 7) is 0. The predicted octanol–water partition coefficient (Wildman–Crippen LogP) is 3.85. The van der Waals surface area contributed by atoms with E-state index in [0.29, 0.717) is 17.3 Å². The highest BCUT2D eigenvalue weighted by Gasteiger charge is 2.25. The summed E-state index contributed by atoms with van der Waals surface area (Å²) in [5.74, 6) is 0.956. The lowest BCUT2D eigenvalue weighted by molar-refractivity contribution is 0.0946. The van der Waals surface area contributed by atoms with Gasteiger partial charge in [-0.25, -0.2) is 9.97 Å². The number of anilines is 3. The maximum atomic E-state index is 12.6. The van der Waals surface area contributed by atoms with Crippen LogP contribution in [0.25, 0.3) is 11.4 Å². The first-order valence-electron chi connectivity index (χ1n) is 9.38. The van der Waals surface area contributed by atoms with Crippen molar-refractivity contribution in [2.75, 3.05) is 24.3 Å². The van der Waals surface area contributed by atoms with E-state index < -0.39 is 0 Å². The third-order valence-electron chi connectivity index (χ3n) is 4.56. The van der Waals surface area contributed by atoms with Crippen molar-refractivity contribution in [3.8, 4) is 11.4 Å². The van der Waals surface area contributed by atoms with E-state index in [1.165, 1.54) is 0 Å². The number of nitrogens with zero attached hydrogens (tertiary/aromatic N) is 3. The van der Waals surface area contributed by atoms with Crippen LogP contribution >= 0.6 is 0 Å². The molecule has 6 heteroatoms. The summed E-state index contributed by atoms with van der Waals surface area (Å²) in [6.07, 6.45) is 2.07. The largest absolute Gasteiger partial charge is 0.378 e. The normalized spacial score (nSPS) is 13.1. The molecule has 1 fully saturated rings. The maximum Gasteiger partial charge on any atom is 0.270 e. The average Bonchev–Trinajstić information content (AvgIpc) is 3.53. The van der Waals surface area contributed by atoms with Crippen LogP contribution in [0.15, 0.2) is 60.7 Å². The van der Waals surface area contributed by atoms with Gasteiger partial charge in [-0.05, 0) is 37.1 Å². The van der Waals surface area contributed by atoms with E-state index in [9.17, 15) is 4.79 Å². The minimum Gasteiger partial charge on any atom is -0.378 e.